The average molecular weight is 456 g/mol. The van der Waals surface area contributed by atoms with Crippen LogP contribution >= 0.6 is 11.3 Å². The molecular weight excluding hydrogens is 431 g/mol. The van der Waals surface area contributed by atoms with Crippen molar-refractivity contribution in [2.75, 3.05) is 24.5 Å². The van der Waals surface area contributed by atoms with Gasteiger partial charge >= 0.3 is 12.1 Å². The third-order valence-electron chi connectivity index (χ3n) is 5.35. The van der Waals surface area contributed by atoms with Crippen LogP contribution in [0, 0.1) is 5.92 Å². The second-order valence-electron chi connectivity index (χ2n) is 8.10. The topological polar surface area (TPSA) is 73.7 Å². The van der Waals surface area contributed by atoms with E-state index >= 15 is 0 Å². The van der Waals surface area contributed by atoms with E-state index in [1.807, 2.05) is 22.5 Å². The Balaban J connectivity index is 0.000000339. The maximum absolute atomic E-state index is 13.4. The number of para-hydroxylation sites is 1. The molecule has 3 heterocycles. The lowest BCUT2D eigenvalue weighted by Gasteiger charge is -2.25. The summed E-state index contributed by atoms with van der Waals surface area (Å²) in [6.45, 7) is 7.74. The molecule has 10 heteroatoms. The van der Waals surface area contributed by atoms with Crippen LogP contribution in [-0.4, -0.2) is 52.7 Å². The smallest absolute Gasteiger partial charge is 0.475 e. The zero-order valence-electron chi connectivity index (χ0n) is 17.2. The number of likely N-dealkylation sites (tertiary alicyclic amines) is 1. The summed E-state index contributed by atoms with van der Waals surface area (Å²) in [7, 11) is 0. The first-order valence-electron chi connectivity index (χ1n) is 9.87. The van der Waals surface area contributed by atoms with Gasteiger partial charge in [0.15, 0.2) is 0 Å². The van der Waals surface area contributed by atoms with E-state index < -0.39 is 12.1 Å². The van der Waals surface area contributed by atoms with Gasteiger partial charge in [-0.05, 0) is 24.0 Å². The van der Waals surface area contributed by atoms with E-state index in [9.17, 15) is 18.0 Å². The third kappa shape index (κ3) is 4.90. The molecule has 1 unspecified atom stereocenters. The predicted octanol–water partition coefficient (Wildman–Crippen LogP) is 3.92. The lowest BCUT2D eigenvalue weighted by molar-refractivity contribution is -0.192. The summed E-state index contributed by atoms with van der Waals surface area (Å²) in [6.07, 6.45) is -2.32. The van der Waals surface area contributed by atoms with Gasteiger partial charge in [-0.15, -0.1) is 11.3 Å². The van der Waals surface area contributed by atoms with Crippen LogP contribution < -0.4 is 4.90 Å². The molecule has 0 aliphatic carbocycles. The molecule has 1 atom stereocenters. The molecule has 1 N–H and O–H groups in total. The Labute approximate surface area is 182 Å². The molecule has 1 fully saturated rings. The van der Waals surface area contributed by atoms with Crippen molar-refractivity contribution >= 4 is 28.9 Å². The highest BCUT2D eigenvalue weighted by Gasteiger charge is 2.54. The van der Waals surface area contributed by atoms with Gasteiger partial charge in [0.25, 0.3) is 0 Å². The molecular formula is C21H24F3N3O3S. The number of benzene rings is 1. The number of aromatic nitrogens is 1. The normalized spacial score (nSPS) is 20.8. The number of rotatable bonds is 4. The summed E-state index contributed by atoms with van der Waals surface area (Å²) in [6, 6.07) is 8.37. The molecule has 0 radical (unpaired) electrons. The number of aliphatic carboxylic acids is 1. The monoisotopic (exact) mass is 455 g/mol. The minimum Gasteiger partial charge on any atom is -0.475 e. The third-order valence-corrected chi connectivity index (χ3v) is 6.11. The zero-order chi connectivity index (χ0) is 22.8. The zero-order valence-corrected chi connectivity index (χ0v) is 18.0. The number of thiazole rings is 1. The number of hydrogen-bond donors (Lipinski definition) is 1. The first kappa shape index (κ1) is 23.2. The summed E-state index contributed by atoms with van der Waals surface area (Å²) in [5, 5.41) is 10.3. The van der Waals surface area contributed by atoms with E-state index in [0.29, 0.717) is 11.8 Å². The molecule has 2 aromatic rings. The van der Waals surface area contributed by atoms with Gasteiger partial charge in [0.05, 0.1) is 12.0 Å². The molecule has 4 rings (SSSR count). The molecule has 2 aliphatic heterocycles. The first-order chi connectivity index (χ1) is 14.5. The number of amides is 1. The Bertz CT molecular complexity index is 933. The van der Waals surface area contributed by atoms with E-state index in [4.69, 9.17) is 9.90 Å². The Morgan fingerprint density at radius 3 is 2.58 bits per heavy atom. The SMILES string of the molecule is CC(C)CN1C(=O)C2(CCN(Cc3nccs3)C2)c2ccccc21.O=C(O)C(F)(F)F. The Morgan fingerprint density at radius 2 is 2.00 bits per heavy atom. The van der Waals surface area contributed by atoms with Crippen molar-refractivity contribution in [1.82, 2.24) is 9.88 Å². The number of fused-ring (bicyclic) bond motifs is 2. The number of alkyl halides is 3. The van der Waals surface area contributed by atoms with Crippen LogP contribution in [0.1, 0.15) is 30.8 Å². The molecule has 1 spiro atoms. The van der Waals surface area contributed by atoms with E-state index in [1.165, 1.54) is 5.56 Å². The van der Waals surface area contributed by atoms with Crippen molar-refractivity contribution in [3.05, 3.63) is 46.4 Å². The minimum absolute atomic E-state index is 0.291. The average Bonchev–Trinajstić information content (AvgIpc) is 3.40. The van der Waals surface area contributed by atoms with E-state index in [1.54, 1.807) is 11.3 Å². The quantitative estimate of drug-likeness (QED) is 0.757. The van der Waals surface area contributed by atoms with Crippen LogP contribution in [0.15, 0.2) is 35.8 Å². The number of nitrogens with zero attached hydrogens (tertiary/aromatic N) is 3. The van der Waals surface area contributed by atoms with Crippen molar-refractivity contribution in [2.24, 2.45) is 5.92 Å². The fraction of sp³-hybridized carbons (Fsp3) is 0.476. The fourth-order valence-corrected chi connectivity index (χ4v) is 4.74. The largest absolute Gasteiger partial charge is 0.490 e. The van der Waals surface area contributed by atoms with Crippen molar-refractivity contribution in [3.8, 4) is 0 Å². The maximum atomic E-state index is 13.4. The molecule has 1 aromatic heterocycles. The minimum atomic E-state index is -5.08. The second-order valence-corrected chi connectivity index (χ2v) is 9.08. The van der Waals surface area contributed by atoms with Gasteiger partial charge in [0.2, 0.25) is 5.91 Å². The van der Waals surface area contributed by atoms with Gasteiger partial charge in [-0.25, -0.2) is 9.78 Å². The molecule has 1 aromatic carbocycles. The molecule has 0 saturated carbocycles. The molecule has 2 aliphatic rings. The molecule has 1 amide bonds. The van der Waals surface area contributed by atoms with Crippen LogP contribution in [0.4, 0.5) is 18.9 Å². The molecule has 0 bridgehead atoms. The van der Waals surface area contributed by atoms with Gasteiger partial charge in [-0.1, -0.05) is 32.0 Å². The number of carbonyl (C=O) groups is 2. The predicted molar refractivity (Wildman–Crippen MR) is 111 cm³/mol. The highest BCUT2D eigenvalue weighted by atomic mass is 32.1. The summed E-state index contributed by atoms with van der Waals surface area (Å²) >= 11 is 1.69. The highest BCUT2D eigenvalue weighted by molar-refractivity contribution is 7.09. The van der Waals surface area contributed by atoms with Gasteiger partial charge in [0, 0.05) is 36.9 Å². The second kappa shape index (κ2) is 8.96. The van der Waals surface area contributed by atoms with Crippen LogP contribution in [0.25, 0.3) is 0 Å². The Kier molecular flexibility index (Phi) is 6.70. The summed E-state index contributed by atoms with van der Waals surface area (Å²) in [5.74, 6) is -2.00. The van der Waals surface area contributed by atoms with Crippen LogP contribution in [0.2, 0.25) is 0 Å². The lowest BCUT2D eigenvalue weighted by atomic mass is 9.81. The van der Waals surface area contributed by atoms with E-state index in [0.717, 1.165) is 43.3 Å². The van der Waals surface area contributed by atoms with Crippen molar-refractivity contribution < 1.29 is 27.9 Å². The molecule has 1 saturated heterocycles. The Morgan fingerprint density at radius 1 is 1.32 bits per heavy atom. The van der Waals surface area contributed by atoms with Crippen LogP contribution in [0.5, 0.6) is 0 Å². The number of anilines is 1. The van der Waals surface area contributed by atoms with Crippen molar-refractivity contribution in [3.63, 3.8) is 0 Å². The van der Waals surface area contributed by atoms with Crippen molar-refractivity contribution in [1.29, 1.82) is 0 Å². The number of hydrogen-bond acceptors (Lipinski definition) is 5. The molecule has 31 heavy (non-hydrogen) atoms. The van der Waals surface area contributed by atoms with Gasteiger partial charge in [0.1, 0.15) is 5.01 Å². The maximum Gasteiger partial charge on any atom is 0.490 e. The van der Waals surface area contributed by atoms with E-state index in [2.05, 4.69) is 41.9 Å². The Hall–Kier alpha value is -2.46. The van der Waals surface area contributed by atoms with Crippen LogP contribution in [-0.2, 0) is 21.5 Å². The number of carboxylic acids is 1. The number of halogens is 3. The molecule has 6 nitrogen and oxygen atoms in total. The lowest BCUT2D eigenvalue weighted by Crippen LogP contribution is -2.43. The molecule has 168 valence electrons. The van der Waals surface area contributed by atoms with Crippen LogP contribution in [0.3, 0.4) is 0 Å². The number of carbonyl (C=O) groups excluding carboxylic acids is 1. The number of carboxylic acid groups (broad SMARTS) is 1. The fourth-order valence-electron chi connectivity index (χ4n) is 4.08. The van der Waals surface area contributed by atoms with Gasteiger partial charge in [-0.3, -0.25) is 9.69 Å². The standard InChI is InChI=1S/C19H23N3OS.C2HF3O2/c1-14(2)11-22-16-6-4-3-5-15(16)19(18(22)23)7-9-21(13-19)12-17-20-8-10-24-17;3-2(4,5)1(6)7/h3-6,8,10,14H,7,9,11-13H2,1-2H3;(H,6,7). The van der Waals surface area contributed by atoms with E-state index in [-0.39, 0.29) is 5.41 Å². The summed E-state index contributed by atoms with van der Waals surface area (Å²) in [4.78, 5) is 31.0. The summed E-state index contributed by atoms with van der Waals surface area (Å²) < 4.78 is 31.7. The first-order valence-corrected chi connectivity index (χ1v) is 10.7. The highest BCUT2D eigenvalue weighted by Crippen LogP contribution is 2.47. The van der Waals surface area contributed by atoms with Crippen molar-refractivity contribution in [2.45, 2.75) is 38.4 Å². The summed E-state index contributed by atoms with van der Waals surface area (Å²) in [5.41, 5.74) is 1.98. The van der Waals surface area contributed by atoms with Gasteiger partial charge < -0.3 is 10.0 Å². The van der Waals surface area contributed by atoms with Gasteiger partial charge in [-0.2, -0.15) is 13.2 Å².